The van der Waals surface area contributed by atoms with Gasteiger partial charge in [0.05, 0.1) is 4.91 Å². The van der Waals surface area contributed by atoms with E-state index < -0.39 is 0 Å². The highest BCUT2D eigenvalue weighted by Crippen LogP contribution is 2.31. The Bertz CT molecular complexity index is 952. The largest absolute Gasteiger partial charge is 0.326 e. The molecule has 1 heterocycles. The van der Waals surface area contributed by atoms with Crippen molar-refractivity contribution in [3.8, 4) is 0 Å². The summed E-state index contributed by atoms with van der Waals surface area (Å²) in [4.78, 5) is 26.8. The first-order valence-corrected chi connectivity index (χ1v) is 10.1. The number of hydrogen-bond donors (Lipinski definition) is 1. The van der Waals surface area contributed by atoms with Crippen LogP contribution < -0.4 is 5.32 Å². The van der Waals surface area contributed by atoms with E-state index in [1.807, 2.05) is 73.7 Å². The number of anilines is 1. The van der Waals surface area contributed by atoms with Gasteiger partial charge in [-0.1, -0.05) is 84.7 Å². The number of carbonyl (C=O) groups excluding carboxylic acids is 2. The monoisotopic (exact) mass is 408 g/mol. The van der Waals surface area contributed by atoms with Crippen LogP contribution in [-0.2, 0) is 9.59 Å². The van der Waals surface area contributed by atoms with Crippen LogP contribution in [0, 0.1) is 6.92 Å². The normalized spacial score (nSPS) is 15.6. The SMILES string of the molecule is Cc1ccccc1NC(=O)CCN1C(=O)C(=CC=Cc2ccccc2)SC1=S. The molecule has 0 aromatic heterocycles. The van der Waals surface area contributed by atoms with Crippen molar-refractivity contribution >= 4 is 51.9 Å². The Balaban J connectivity index is 1.56. The van der Waals surface area contributed by atoms with Crippen molar-refractivity contribution in [1.82, 2.24) is 4.90 Å². The molecule has 0 unspecified atom stereocenters. The number of rotatable bonds is 6. The molecule has 0 atom stereocenters. The molecule has 3 rings (SSSR count). The summed E-state index contributed by atoms with van der Waals surface area (Å²) in [7, 11) is 0. The van der Waals surface area contributed by atoms with Crippen molar-refractivity contribution in [2.24, 2.45) is 0 Å². The predicted molar refractivity (Wildman–Crippen MR) is 120 cm³/mol. The van der Waals surface area contributed by atoms with E-state index in [1.54, 1.807) is 6.08 Å². The maximum atomic E-state index is 12.6. The molecule has 1 N–H and O–H groups in total. The fourth-order valence-corrected chi connectivity index (χ4v) is 3.92. The van der Waals surface area contributed by atoms with Crippen LogP contribution in [0.3, 0.4) is 0 Å². The lowest BCUT2D eigenvalue weighted by atomic mass is 10.2. The van der Waals surface area contributed by atoms with E-state index in [-0.39, 0.29) is 24.8 Å². The Hall–Kier alpha value is -2.70. The van der Waals surface area contributed by atoms with Gasteiger partial charge in [0, 0.05) is 18.7 Å². The quantitative estimate of drug-likeness (QED) is 0.552. The third kappa shape index (κ3) is 5.18. The highest BCUT2D eigenvalue weighted by molar-refractivity contribution is 8.26. The molecular formula is C22H20N2O2S2. The number of carbonyl (C=O) groups is 2. The van der Waals surface area contributed by atoms with Crippen LogP contribution in [0.25, 0.3) is 6.08 Å². The Morgan fingerprint density at radius 2 is 1.86 bits per heavy atom. The highest BCUT2D eigenvalue weighted by atomic mass is 32.2. The summed E-state index contributed by atoms with van der Waals surface area (Å²) in [5.41, 5.74) is 2.83. The minimum Gasteiger partial charge on any atom is -0.326 e. The summed E-state index contributed by atoms with van der Waals surface area (Å²) < 4.78 is 0.480. The van der Waals surface area contributed by atoms with E-state index in [4.69, 9.17) is 12.2 Å². The van der Waals surface area contributed by atoms with Crippen LogP contribution in [0.4, 0.5) is 5.69 Å². The van der Waals surface area contributed by atoms with Crippen LogP contribution in [-0.4, -0.2) is 27.6 Å². The van der Waals surface area contributed by atoms with Gasteiger partial charge < -0.3 is 5.32 Å². The van der Waals surface area contributed by atoms with Gasteiger partial charge >= 0.3 is 0 Å². The van der Waals surface area contributed by atoms with Gasteiger partial charge in [-0.3, -0.25) is 14.5 Å². The molecule has 0 radical (unpaired) electrons. The lowest BCUT2D eigenvalue weighted by Gasteiger charge is -2.14. The lowest BCUT2D eigenvalue weighted by Crippen LogP contribution is -2.31. The number of nitrogens with zero attached hydrogens (tertiary/aromatic N) is 1. The lowest BCUT2D eigenvalue weighted by molar-refractivity contribution is -0.122. The van der Waals surface area contributed by atoms with Crippen LogP contribution >= 0.6 is 24.0 Å². The fraction of sp³-hybridized carbons (Fsp3) is 0.136. The summed E-state index contributed by atoms with van der Waals surface area (Å²) in [6.45, 7) is 2.20. The molecule has 6 heteroatoms. The molecule has 0 spiro atoms. The number of nitrogens with one attached hydrogen (secondary N) is 1. The van der Waals surface area contributed by atoms with Gasteiger partial charge in [-0.25, -0.2) is 0 Å². The van der Waals surface area contributed by atoms with E-state index in [2.05, 4.69) is 5.32 Å². The van der Waals surface area contributed by atoms with Crippen LogP contribution in [0.15, 0.2) is 71.7 Å². The number of thiocarbonyl (C=S) groups is 1. The molecule has 1 fully saturated rings. The second-order valence-electron chi connectivity index (χ2n) is 6.24. The van der Waals surface area contributed by atoms with E-state index in [0.717, 1.165) is 16.8 Å². The second kappa shape index (κ2) is 9.48. The number of benzene rings is 2. The summed E-state index contributed by atoms with van der Waals surface area (Å²) in [5, 5.41) is 2.87. The zero-order valence-electron chi connectivity index (χ0n) is 15.4. The summed E-state index contributed by atoms with van der Waals surface area (Å²) in [6.07, 6.45) is 5.72. The van der Waals surface area contributed by atoms with E-state index >= 15 is 0 Å². The first kappa shape index (κ1) is 20.0. The molecule has 2 aromatic carbocycles. The maximum absolute atomic E-state index is 12.6. The Morgan fingerprint density at radius 1 is 1.14 bits per heavy atom. The van der Waals surface area contributed by atoms with Gasteiger partial charge in [-0.15, -0.1) is 0 Å². The number of amides is 2. The Labute approximate surface area is 174 Å². The zero-order valence-corrected chi connectivity index (χ0v) is 17.1. The van der Waals surface area contributed by atoms with Crippen molar-refractivity contribution < 1.29 is 9.59 Å². The summed E-state index contributed by atoms with van der Waals surface area (Å²) in [5.74, 6) is -0.298. The van der Waals surface area contributed by atoms with Crippen molar-refractivity contribution in [2.45, 2.75) is 13.3 Å². The number of aryl methyl sites for hydroxylation is 1. The number of allylic oxidation sites excluding steroid dienone is 2. The standard InChI is InChI=1S/C22H20N2O2S2/c1-16-8-5-6-12-18(16)23-20(25)14-15-24-21(26)19(28-22(24)27)13-7-11-17-9-3-2-4-10-17/h2-13H,14-15H2,1H3,(H,23,25). The predicted octanol–water partition coefficient (Wildman–Crippen LogP) is 4.78. The molecule has 2 amide bonds. The highest BCUT2D eigenvalue weighted by Gasteiger charge is 2.31. The molecule has 1 aliphatic heterocycles. The van der Waals surface area contributed by atoms with E-state index in [1.165, 1.54) is 16.7 Å². The molecule has 0 aliphatic carbocycles. The molecular weight excluding hydrogens is 388 g/mol. The fourth-order valence-electron chi connectivity index (χ4n) is 2.66. The van der Waals surface area contributed by atoms with Crippen molar-refractivity contribution in [2.75, 3.05) is 11.9 Å². The number of thioether (sulfide) groups is 1. The molecule has 28 heavy (non-hydrogen) atoms. The van der Waals surface area contributed by atoms with E-state index in [9.17, 15) is 9.59 Å². The molecule has 1 aliphatic rings. The van der Waals surface area contributed by atoms with Crippen LogP contribution in [0.5, 0.6) is 0 Å². The van der Waals surface area contributed by atoms with Crippen molar-refractivity contribution in [3.05, 3.63) is 82.8 Å². The molecule has 1 saturated heterocycles. The van der Waals surface area contributed by atoms with Gasteiger partial charge in [0.15, 0.2) is 0 Å². The smallest absolute Gasteiger partial charge is 0.266 e. The second-order valence-corrected chi connectivity index (χ2v) is 7.91. The third-order valence-corrected chi connectivity index (χ3v) is 5.59. The van der Waals surface area contributed by atoms with E-state index in [0.29, 0.717) is 9.23 Å². The average molecular weight is 409 g/mol. The van der Waals surface area contributed by atoms with Gasteiger partial charge in [0.2, 0.25) is 5.91 Å². The molecule has 0 bridgehead atoms. The first-order valence-electron chi connectivity index (χ1n) is 8.87. The van der Waals surface area contributed by atoms with Gasteiger partial charge in [0.25, 0.3) is 5.91 Å². The minimum absolute atomic E-state index is 0.142. The number of para-hydroxylation sites is 1. The van der Waals surface area contributed by atoms with Crippen molar-refractivity contribution in [3.63, 3.8) is 0 Å². The van der Waals surface area contributed by atoms with Crippen molar-refractivity contribution in [1.29, 1.82) is 0 Å². The molecule has 0 saturated carbocycles. The Kier molecular flexibility index (Phi) is 6.79. The molecule has 142 valence electrons. The molecule has 2 aromatic rings. The van der Waals surface area contributed by atoms with Gasteiger partial charge in [0.1, 0.15) is 4.32 Å². The third-order valence-electron chi connectivity index (χ3n) is 4.19. The van der Waals surface area contributed by atoms with Crippen LogP contribution in [0.1, 0.15) is 17.5 Å². The minimum atomic E-state index is -0.156. The zero-order chi connectivity index (χ0) is 19.9. The van der Waals surface area contributed by atoms with Crippen LogP contribution in [0.2, 0.25) is 0 Å². The number of hydrogen-bond acceptors (Lipinski definition) is 4. The average Bonchev–Trinajstić information content (AvgIpc) is 2.96. The van der Waals surface area contributed by atoms with Gasteiger partial charge in [-0.2, -0.15) is 0 Å². The van der Waals surface area contributed by atoms with Gasteiger partial charge in [-0.05, 0) is 30.2 Å². The Morgan fingerprint density at radius 3 is 2.61 bits per heavy atom. The summed E-state index contributed by atoms with van der Waals surface area (Å²) in [6, 6.07) is 17.4. The maximum Gasteiger partial charge on any atom is 0.266 e. The first-order chi connectivity index (χ1) is 13.5. The summed E-state index contributed by atoms with van der Waals surface area (Å²) >= 11 is 6.57. The molecule has 4 nitrogen and oxygen atoms in total. The topological polar surface area (TPSA) is 49.4 Å².